The topological polar surface area (TPSA) is 114 Å². The van der Waals surface area contributed by atoms with Crippen molar-refractivity contribution >= 4 is 43.5 Å². The number of aromatic nitrogens is 3. The lowest BCUT2D eigenvalue weighted by Crippen LogP contribution is -2.28. The Morgan fingerprint density at radius 1 is 1.33 bits per heavy atom. The second-order valence-corrected chi connectivity index (χ2v) is 7.57. The molecule has 0 saturated heterocycles. The summed E-state index contributed by atoms with van der Waals surface area (Å²) >= 11 is 2.82. The van der Waals surface area contributed by atoms with Crippen LogP contribution in [0, 0.1) is 0 Å². The number of hydrogen-bond acceptors (Lipinski definition) is 8. The van der Waals surface area contributed by atoms with Gasteiger partial charge in [0.2, 0.25) is 5.03 Å². The molecule has 3 rings (SSSR count). The van der Waals surface area contributed by atoms with Crippen LogP contribution in [-0.2, 0) is 16.4 Å². The molecule has 3 aromatic rings. The molecule has 4 N–H and O–H groups in total. The molecule has 0 aromatic carbocycles. The molecule has 0 aliphatic rings. The van der Waals surface area contributed by atoms with E-state index in [4.69, 9.17) is 5.84 Å². The summed E-state index contributed by atoms with van der Waals surface area (Å²) in [6.45, 7) is 0.261. The monoisotopic (exact) mass is 344 g/mol. The lowest BCUT2D eigenvalue weighted by molar-refractivity contribution is 0.577. The van der Waals surface area contributed by atoms with Gasteiger partial charge in [-0.1, -0.05) is 0 Å². The zero-order valence-electron chi connectivity index (χ0n) is 10.7. The van der Waals surface area contributed by atoms with Gasteiger partial charge in [0.05, 0.1) is 5.01 Å². The molecule has 0 aliphatic heterocycles. The first kappa shape index (κ1) is 14.4. The maximum absolute atomic E-state index is 12.4. The zero-order chi connectivity index (χ0) is 14.9. The minimum Gasteiger partial charge on any atom is -0.306 e. The SMILES string of the molecule is NNc1nc2sccn2c1S(=O)(=O)NCCc1nccs1. The minimum absolute atomic E-state index is 0.0142. The van der Waals surface area contributed by atoms with Crippen LogP contribution >= 0.6 is 22.7 Å². The first-order valence-electron chi connectivity index (χ1n) is 5.92. The Labute approximate surface area is 128 Å². The number of nitrogens with one attached hydrogen (secondary N) is 2. The number of nitrogens with zero attached hydrogens (tertiary/aromatic N) is 3. The molecule has 0 atom stereocenters. The molecule has 0 aliphatic carbocycles. The third-order valence-corrected chi connectivity index (χ3v) is 5.80. The Kier molecular flexibility index (Phi) is 3.91. The number of hydrazine groups is 1. The van der Waals surface area contributed by atoms with Gasteiger partial charge in [-0.2, -0.15) is 4.98 Å². The van der Waals surface area contributed by atoms with Crippen molar-refractivity contribution in [3.05, 3.63) is 28.2 Å². The van der Waals surface area contributed by atoms with E-state index in [0.717, 1.165) is 5.01 Å². The highest BCUT2D eigenvalue weighted by Crippen LogP contribution is 2.24. The number of imidazole rings is 1. The number of hydrogen-bond donors (Lipinski definition) is 3. The first-order valence-corrected chi connectivity index (χ1v) is 9.16. The molecule has 0 spiro atoms. The van der Waals surface area contributed by atoms with E-state index in [1.165, 1.54) is 27.1 Å². The van der Waals surface area contributed by atoms with E-state index < -0.39 is 10.0 Å². The Balaban J connectivity index is 1.84. The summed E-state index contributed by atoms with van der Waals surface area (Å²) in [5, 5.41) is 4.51. The normalized spacial score (nSPS) is 12.0. The van der Waals surface area contributed by atoms with Crippen molar-refractivity contribution in [3.63, 3.8) is 0 Å². The van der Waals surface area contributed by atoms with Crippen molar-refractivity contribution in [2.24, 2.45) is 5.84 Å². The number of fused-ring (bicyclic) bond motifs is 1. The Hall–Kier alpha value is -1.53. The second kappa shape index (κ2) is 5.69. The average Bonchev–Trinajstić information content (AvgIpc) is 3.13. The van der Waals surface area contributed by atoms with Crippen LogP contribution in [0.3, 0.4) is 0 Å². The van der Waals surface area contributed by atoms with Crippen molar-refractivity contribution in [2.45, 2.75) is 11.4 Å². The highest BCUT2D eigenvalue weighted by molar-refractivity contribution is 7.89. The molecule has 112 valence electrons. The van der Waals surface area contributed by atoms with Gasteiger partial charge in [-0.15, -0.1) is 22.7 Å². The fourth-order valence-electron chi connectivity index (χ4n) is 1.85. The van der Waals surface area contributed by atoms with Crippen LogP contribution in [-0.4, -0.2) is 29.3 Å². The van der Waals surface area contributed by atoms with Crippen LogP contribution in [0.1, 0.15) is 5.01 Å². The summed E-state index contributed by atoms with van der Waals surface area (Å²) in [5.41, 5.74) is 2.33. The van der Waals surface area contributed by atoms with E-state index >= 15 is 0 Å². The summed E-state index contributed by atoms with van der Waals surface area (Å²) < 4.78 is 28.9. The van der Waals surface area contributed by atoms with Gasteiger partial charge < -0.3 is 5.43 Å². The summed E-state index contributed by atoms with van der Waals surface area (Å²) in [4.78, 5) is 8.80. The van der Waals surface area contributed by atoms with Crippen LogP contribution in [0.2, 0.25) is 0 Å². The van der Waals surface area contributed by atoms with E-state index in [9.17, 15) is 8.42 Å². The third-order valence-electron chi connectivity index (χ3n) is 2.72. The lowest BCUT2D eigenvalue weighted by atomic mass is 10.5. The smallest absolute Gasteiger partial charge is 0.260 e. The van der Waals surface area contributed by atoms with Crippen LogP contribution in [0.4, 0.5) is 5.82 Å². The molecule has 21 heavy (non-hydrogen) atoms. The van der Waals surface area contributed by atoms with Gasteiger partial charge in [-0.05, 0) is 0 Å². The molecule has 0 amide bonds. The first-order chi connectivity index (χ1) is 10.1. The molecular weight excluding hydrogens is 332 g/mol. The zero-order valence-corrected chi connectivity index (χ0v) is 13.1. The lowest BCUT2D eigenvalue weighted by Gasteiger charge is -2.06. The average molecular weight is 344 g/mol. The highest BCUT2D eigenvalue weighted by atomic mass is 32.2. The van der Waals surface area contributed by atoms with Crippen molar-refractivity contribution in [3.8, 4) is 0 Å². The molecular formula is C10H12N6O2S3. The van der Waals surface area contributed by atoms with Crippen molar-refractivity contribution in [1.82, 2.24) is 19.1 Å². The molecule has 0 saturated carbocycles. The van der Waals surface area contributed by atoms with E-state index in [1.54, 1.807) is 17.8 Å². The van der Waals surface area contributed by atoms with Gasteiger partial charge in [0.15, 0.2) is 10.8 Å². The summed E-state index contributed by atoms with van der Waals surface area (Å²) in [7, 11) is -3.72. The Bertz CT molecular complexity index is 836. The van der Waals surface area contributed by atoms with E-state index in [0.29, 0.717) is 11.4 Å². The largest absolute Gasteiger partial charge is 0.306 e. The van der Waals surface area contributed by atoms with Crippen molar-refractivity contribution in [1.29, 1.82) is 0 Å². The predicted molar refractivity (Wildman–Crippen MR) is 81.9 cm³/mol. The number of rotatable bonds is 6. The minimum atomic E-state index is -3.72. The molecule has 3 aromatic heterocycles. The molecule has 8 nitrogen and oxygen atoms in total. The summed E-state index contributed by atoms with van der Waals surface area (Å²) in [5.74, 6) is 5.48. The van der Waals surface area contributed by atoms with Gasteiger partial charge in [0.1, 0.15) is 0 Å². The van der Waals surface area contributed by atoms with Crippen LogP contribution < -0.4 is 16.0 Å². The highest BCUT2D eigenvalue weighted by Gasteiger charge is 2.25. The summed E-state index contributed by atoms with van der Waals surface area (Å²) in [6, 6.07) is 0. The van der Waals surface area contributed by atoms with E-state index in [2.05, 4.69) is 20.1 Å². The number of thiazole rings is 2. The predicted octanol–water partition coefficient (Wildman–Crippen LogP) is 0.659. The van der Waals surface area contributed by atoms with Crippen LogP contribution in [0.15, 0.2) is 28.2 Å². The number of nitrogens with two attached hydrogens (primary N) is 1. The Morgan fingerprint density at radius 2 is 2.19 bits per heavy atom. The Morgan fingerprint density at radius 3 is 2.90 bits per heavy atom. The fraction of sp³-hybridized carbons (Fsp3) is 0.200. The molecule has 0 bridgehead atoms. The second-order valence-electron chi connectivity index (χ2n) is 4.04. The van der Waals surface area contributed by atoms with Crippen LogP contribution in [0.5, 0.6) is 0 Å². The van der Waals surface area contributed by atoms with Crippen LogP contribution in [0.25, 0.3) is 4.96 Å². The third kappa shape index (κ3) is 2.78. The van der Waals surface area contributed by atoms with E-state index in [1.807, 2.05) is 5.38 Å². The van der Waals surface area contributed by atoms with Gasteiger partial charge in [0, 0.05) is 36.1 Å². The van der Waals surface area contributed by atoms with Gasteiger partial charge in [-0.3, -0.25) is 4.40 Å². The van der Waals surface area contributed by atoms with E-state index in [-0.39, 0.29) is 17.4 Å². The maximum Gasteiger partial charge on any atom is 0.260 e. The standard InChI is InChI=1S/C10H12N6O2S3/c11-15-8-9(16-4-6-20-10(16)14-8)21(17,18)13-2-1-7-12-3-5-19-7/h3-6,13,15H,1-2,11H2. The number of anilines is 1. The molecule has 0 unspecified atom stereocenters. The molecule has 0 radical (unpaired) electrons. The number of nitrogen functional groups attached to an aromatic ring is 1. The molecule has 0 fully saturated rings. The molecule has 3 heterocycles. The fourth-order valence-corrected chi connectivity index (χ4v) is 4.52. The van der Waals surface area contributed by atoms with Gasteiger partial charge >= 0.3 is 0 Å². The van der Waals surface area contributed by atoms with Gasteiger partial charge in [-0.25, -0.2) is 24.0 Å². The quantitative estimate of drug-likeness (QED) is 0.447. The van der Waals surface area contributed by atoms with Crippen molar-refractivity contribution < 1.29 is 8.42 Å². The van der Waals surface area contributed by atoms with Gasteiger partial charge in [0.25, 0.3) is 10.0 Å². The van der Waals surface area contributed by atoms with Crippen molar-refractivity contribution in [2.75, 3.05) is 12.0 Å². The number of sulfonamides is 1. The molecule has 11 heteroatoms. The maximum atomic E-state index is 12.4. The summed E-state index contributed by atoms with van der Waals surface area (Å²) in [6.07, 6.45) is 3.87.